The maximum atomic E-state index is 12.5. The third-order valence-corrected chi connectivity index (χ3v) is 4.18. The highest BCUT2D eigenvalue weighted by atomic mass is 16.2. The second-order valence-electron chi connectivity index (χ2n) is 5.89. The van der Waals surface area contributed by atoms with Crippen LogP contribution < -0.4 is 5.32 Å². The van der Waals surface area contributed by atoms with Gasteiger partial charge in [0.1, 0.15) is 5.41 Å². The molecule has 0 unspecified atom stereocenters. The van der Waals surface area contributed by atoms with Crippen LogP contribution in [0.3, 0.4) is 0 Å². The fourth-order valence-corrected chi connectivity index (χ4v) is 2.63. The largest absolute Gasteiger partial charge is 0.330 e. The van der Waals surface area contributed by atoms with Crippen molar-refractivity contribution in [3.8, 4) is 0 Å². The van der Waals surface area contributed by atoms with Gasteiger partial charge in [-0.15, -0.1) is 0 Å². The summed E-state index contributed by atoms with van der Waals surface area (Å²) >= 11 is 0. The molecule has 5 heteroatoms. The van der Waals surface area contributed by atoms with E-state index in [1.54, 1.807) is 0 Å². The molecule has 114 valence electrons. The number of hydrogen-bond acceptors (Lipinski definition) is 3. The van der Waals surface area contributed by atoms with Gasteiger partial charge in [-0.05, 0) is 25.2 Å². The van der Waals surface area contributed by atoms with Gasteiger partial charge in [-0.25, -0.2) is 4.79 Å². The van der Waals surface area contributed by atoms with Gasteiger partial charge in [0.15, 0.2) is 0 Å². The molecule has 0 aromatic heterocycles. The van der Waals surface area contributed by atoms with Crippen LogP contribution in [0.2, 0.25) is 0 Å². The van der Waals surface area contributed by atoms with Gasteiger partial charge in [0.25, 0.3) is 0 Å². The van der Waals surface area contributed by atoms with Crippen LogP contribution in [0.4, 0.5) is 4.79 Å². The summed E-state index contributed by atoms with van der Waals surface area (Å²) in [5, 5.41) is 2.33. The second kappa shape index (κ2) is 6.86. The summed E-state index contributed by atoms with van der Waals surface area (Å²) in [6.07, 6.45) is 3.69. The Morgan fingerprint density at radius 3 is 2.20 bits per heavy atom. The maximum absolute atomic E-state index is 12.5. The number of barbiturate groups is 1. The number of carbonyl (C=O) groups excluding carboxylic acids is 3. The summed E-state index contributed by atoms with van der Waals surface area (Å²) < 4.78 is 0. The van der Waals surface area contributed by atoms with Gasteiger partial charge in [-0.2, -0.15) is 0 Å². The highest BCUT2D eigenvalue weighted by Crippen LogP contribution is 2.32. The lowest BCUT2D eigenvalue weighted by Crippen LogP contribution is -2.63. The van der Waals surface area contributed by atoms with Gasteiger partial charge >= 0.3 is 6.03 Å². The minimum Gasteiger partial charge on any atom is -0.277 e. The van der Waals surface area contributed by atoms with E-state index in [2.05, 4.69) is 19.2 Å². The Morgan fingerprint density at radius 2 is 1.70 bits per heavy atom. The van der Waals surface area contributed by atoms with Gasteiger partial charge in [-0.1, -0.05) is 40.5 Å². The van der Waals surface area contributed by atoms with Crippen molar-refractivity contribution < 1.29 is 14.4 Å². The lowest BCUT2D eigenvalue weighted by molar-refractivity contribution is -0.152. The molecule has 4 amide bonds. The number of carbonyl (C=O) groups is 3. The van der Waals surface area contributed by atoms with Crippen LogP contribution in [0.25, 0.3) is 0 Å². The van der Waals surface area contributed by atoms with Crippen LogP contribution in [-0.2, 0) is 9.59 Å². The molecule has 0 aliphatic carbocycles. The molecule has 0 aromatic carbocycles. The van der Waals surface area contributed by atoms with Crippen molar-refractivity contribution in [2.45, 2.75) is 59.8 Å². The minimum atomic E-state index is -1.06. The highest BCUT2D eigenvalue weighted by Gasteiger charge is 2.51. The van der Waals surface area contributed by atoms with Crippen molar-refractivity contribution in [3.05, 3.63) is 0 Å². The second-order valence-corrected chi connectivity index (χ2v) is 5.89. The number of urea groups is 1. The van der Waals surface area contributed by atoms with Crippen molar-refractivity contribution in [1.82, 2.24) is 10.2 Å². The first-order valence-corrected chi connectivity index (χ1v) is 7.56. The molecule has 1 N–H and O–H groups in total. The predicted octanol–water partition coefficient (Wildman–Crippen LogP) is 2.70. The van der Waals surface area contributed by atoms with Crippen LogP contribution in [0.15, 0.2) is 0 Å². The average Bonchev–Trinajstić information content (AvgIpc) is 2.38. The van der Waals surface area contributed by atoms with Crippen molar-refractivity contribution in [1.29, 1.82) is 0 Å². The molecule has 1 rings (SSSR count). The van der Waals surface area contributed by atoms with Gasteiger partial charge in [0.2, 0.25) is 11.8 Å². The Hall–Kier alpha value is -1.39. The standard InChI is InChI=1S/C15H26N2O3/c1-5-15(6-2)12(18)16-14(20)17(13(15)19)10-8-7-9-11(3)4/h11H,5-10H2,1-4H3,(H,16,18,20). The van der Waals surface area contributed by atoms with Gasteiger partial charge in [0.05, 0.1) is 0 Å². The van der Waals surface area contributed by atoms with Crippen LogP contribution in [0.5, 0.6) is 0 Å². The molecular weight excluding hydrogens is 256 g/mol. The molecular formula is C15H26N2O3. The van der Waals surface area contributed by atoms with Crippen molar-refractivity contribution in [2.75, 3.05) is 6.54 Å². The summed E-state index contributed by atoms with van der Waals surface area (Å²) in [4.78, 5) is 37.5. The third-order valence-electron chi connectivity index (χ3n) is 4.18. The van der Waals surface area contributed by atoms with E-state index in [1.165, 1.54) is 4.90 Å². The van der Waals surface area contributed by atoms with Gasteiger partial charge in [0, 0.05) is 6.54 Å². The lowest BCUT2D eigenvalue weighted by atomic mass is 9.78. The number of rotatable bonds is 7. The number of nitrogens with one attached hydrogen (secondary N) is 1. The molecule has 1 aliphatic rings. The van der Waals surface area contributed by atoms with Crippen LogP contribution in [-0.4, -0.2) is 29.3 Å². The summed E-state index contributed by atoms with van der Waals surface area (Å²) in [6, 6.07) is -0.568. The van der Waals surface area contributed by atoms with Crippen LogP contribution >= 0.6 is 0 Å². The molecule has 0 aromatic rings. The van der Waals surface area contributed by atoms with E-state index in [-0.39, 0.29) is 5.91 Å². The number of imide groups is 2. The van der Waals surface area contributed by atoms with Crippen molar-refractivity contribution in [2.24, 2.45) is 11.3 Å². The van der Waals surface area contributed by atoms with E-state index in [0.717, 1.165) is 19.3 Å². The number of unbranched alkanes of at least 4 members (excludes halogenated alkanes) is 1. The van der Waals surface area contributed by atoms with Crippen molar-refractivity contribution in [3.63, 3.8) is 0 Å². The predicted molar refractivity (Wildman–Crippen MR) is 77.0 cm³/mol. The van der Waals surface area contributed by atoms with Crippen LogP contribution in [0, 0.1) is 11.3 Å². The molecule has 0 radical (unpaired) electrons. The van der Waals surface area contributed by atoms with Gasteiger partial charge in [-0.3, -0.25) is 19.8 Å². The Bertz CT molecular complexity index is 387. The van der Waals surface area contributed by atoms with Crippen molar-refractivity contribution >= 4 is 17.8 Å². The van der Waals surface area contributed by atoms with Gasteiger partial charge < -0.3 is 0 Å². The zero-order valence-corrected chi connectivity index (χ0v) is 13.0. The fourth-order valence-electron chi connectivity index (χ4n) is 2.63. The zero-order valence-electron chi connectivity index (χ0n) is 13.0. The Morgan fingerprint density at radius 1 is 1.10 bits per heavy atom. The van der Waals surface area contributed by atoms with Crippen LogP contribution in [0.1, 0.15) is 59.8 Å². The Kier molecular flexibility index (Phi) is 5.72. The van der Waals surface area contributed by atoms with E-state index in [0.29, 0.717) is 25.3 Å². The normalized spacial score (nSPS) is 18.6. The maximum Gasteiger partial charge on any atom is 0.330 e. The highest BCUT2D eigenvalue weighted by molar-refractivity contribution is 6.19. The number of hydrogen-bond donors (Lipinski definition) is 1. The SMILES string of the molecule is CCC1(CC)C(=O)NC(=O)N(CCCCC(C)C)C1=O. The smallest absolute Gasteiger partial charge is 0.277 e. The topological polar surface area (TPSA) is 66.5 Å². The molecule has 0 spiro atoms. The summed E-state index contributed by atoms with van der Waals surface area (Å²) in [7, 11) is 0. The van der Waals surface area contributed by atoms with E-state index >= 15 is 0 Å². The first-order chi connectivity index (χ1) is 9.39. The first kappa shape index (κ1) is 16.7. The third kappa shape index (κ3) is 3.19. The average molecular weight is 282 g/mol. The molecule has 1 saturated heterocycles. The molecule has 0 saturated carbocycles. The van der Waals surface area contributed by atoms with E-state index in [9.17, 15) is 14.4 Å². The molecule has 1 fully saturated rings. The minimum absolute atomic E-state index is 0.333. The summed E-state index contributed by atoms with van der Waals surface area (Å²) in [5.41, 5.74) is -1.06. The van der Waals surface area contributed by atoms with E-state index in [1.807, 2.05) is 13.8 Å². The molecule has 0 bridgehead atoms. The molecule has 20 heavy (non-hydrogen) atoms. The van der Waals surface area contributed by atoms with E-state index < -0.39 is 17.4 Å². The van der Waals surface area contributed by atoms with E-state index in [4.69, 9.17) is 0 Å². The zero-order chi connectivity index (χ0) is 15.3. The first-order valence-electron chi connectivity index (χ1n) is 7.56. The molecule has 1 aliphatic heterocycles. The fraction of sp³-hybridized carbons (Fsp3) is 0.800. The molecule has 0 atom stereocenters. The monoisotopic (exact) mass is 282 g/mol. The summed E-state index contributed by atoms with van der Waals surface area (Å²) in [5.74, 6) is -0.162. The summed E-state index contributed by atoms with van der Waals surface area (Å²) in [6.45, 7) is 8.32. The molecule has 1 heterocycles. The number of nitrogens with zero attached hydrogens (tertiary/aromatic N) is 1. The quantitative estimate of drug-likeness (QED) is 0.576. The lowest BCUT2D eigenvalue weighted by Gasteiger charge is -2.38. The Labute approximate surface area is 121 Å². The number of amides is 4. The Balaban J connectivity index is 2.72. The molecule has 5 nitrogen and oxygen atoms in total.